The van der Waals surface area contributed by atoms with Crippen molar-refractivity contribution in [2.24, 2.45) is 0 Å². The number of rotatable bonds is 4. The Bertz CT molecular complexity index is 730. The van der Waals surface area contributed by atoms with Crippen molar-refractivity contribution in [1.29, 1.82) is 0 Å². The molecule has 22 heavy (non-hydrogen) atoms. The standard InChI is InChI=1S/C13H15N5O3S/c1-2-3-22-4-7-9(19)10(20)13(21-7)18-6-17-8-11(14)15-5-16-12(8)18/h3,5-7,9-10,13,19-20H,1,4H2,(H2,14,15,16)/t7-,9-,10-,13?/m1/s1. The molecule has 0 spiro atoms. The molecule has 116 valence electrons. The summed E-state index contributed by atoms with van der Waals surface area (Å²) in [4.78, 5) is 12.1. The molecule has 1 aliphatic rings. The van der Waals surface area contributed by atoms with Crippen LogP contribution in [0.5, 0.6) is 0 Å². The number of aliphatic hydroxyl groups is 2. The van der Waals surface area contributed by atoms with Crippen molar-refractivity contribution in [2.45, 2.75) is 24.5 Å². The molecule has 2 aromatic rings. The molecule has 2 aromatic heterocycles. The number of nitrogen functional groups attached to an aromatic ring is 1. The molecule has 0 saturated carbocycles. The predicted molar refractivity (Wildman–Crippen MR) is 81.8 cm³/mol. The highest BCUT2D eigenvalue weighted by Gasteiger charge is 2.44. The first kappa shape index (κ1) is 15.0. The van der Waals surface area contributed by atoms with E-state index in [0.29, 0.717) is 16.9 Å². The lowest BCUT2D eigenvalue weighted by Crippen LogP contribution is -2.32. The van der Waals surface area contributed by atoms with Crippen LogP contribution in [0.4, 0.5) is 5.82 Å². The van der Waals surface area contributed by atoms with Crippen LogP contribution < -0.4 is 5.73 Å². The number of imidazole rings is 1. The number of anilines is 1. The number of aliphatic hydroxyl groups excluding tert-OH is 2. The van der Waals surface area contributed by atoms with Crippen LogP contribution in [0.2, 0.25) is 0 Å². The summed E-state index contributed by atoms with van der Waals surface area (Å²) >= 11 is 1.40. The smallest absolute Gasteiger partial charge is 0.167 e. The Kier molecular flexibility index (Phi) is 4.14. The average molecular weight is 321 g/mol. The number of hydrogen-bond donors (Lipinski definition) is 3. The molecule has 3 rings (SSSR count). The molecule has 0 radical (unpaired) electrons. The van der Waals surface area contributed by atoms with Crippen molar-refractivity contribution < 1.29 is 14.9 Å². The molecular weight excluding hydrogens is 306 g/mol. The molecule has 9 heteroatoms. The largest absolute Gasteiger partial charge is 0.387 e. The van der Waals surface area contributed by atoms with E-state index in [9.17, 15) is 10.2 Å². The van der Waals surface area contributed by atoms with Gasteiger partial charge in [0.05, 0.1) is 12.4 Å². The fourth-order valence-electron chi connectivity index (χ4n) is 2.35. The molecule has 1 unspecified atom stereocenters. The molecule has 3 heterocycles. The number of nitrogens with two attached hydrogens (primary N) is 1. The topological polar surface area (TPSA) is 119 Å². The number of aromatic nitrogens is 4. The minimum Gasteiger partial charge on any atom is -0.387 e. The first-order valence-electron chi connectivity index (χ1n) is 6.54. The Balaban J connectivity index is 1.87. The van der Waals surface area contributed by atoms with Crippen LogP contribution in [0.25, 0.3) is 11.2 Å². The second-order valence-electron chi connectivity index (χ2n) is 4.78. The van der Waals surface area contributed by atoms with Gasteiger partial charge in [-0.3, -0.25) is 4.57 Å². The van der Waals surface area contributed by atoms with Crippen LogP contribution >= 0.6 is 11.8 Å². The van der Waals surface area contributed by atoms with Crippen LogP contribution in [-0.4, -0.2) is 53.8 Å². The lowest BCUT2D eigenvalue weighted by atomic mass is 10.1. The third-order valence-electron chi connectivity index (χ3n) is 3.43. The number of thioether (sulfide) groups is 1. The third kappa shape index (κ3) is 2.49. The van der Waals surface area contributed by atoms with Crippen LogP contribution in [0.1, 0.15) is 6.23 Å². The minimum absolute atomic E-state index is 0.250. The van der Waals surface area contributed by atoms with E-state index in [1.54, 1.807) is 9.98 Å². The fourth-order valence-corrected chi connectivity index (χ4v) is 3.03. The van der Waals surface area contributed by atoms with Crippen molar-refractivity contribution in [3.05, 3.63) is 30.4 Å². The Morgan fingerprint density at radius 1 is 1.41 bits per heavy atom. The van der Waals surface area contributed by atoms with E-state index in [0.717, 1.165) is 0 Å². The molecule has 4 atom stereocenters. The second-order valence-corrected chi connectivity index (χ2v) is 5.69. The number of ether oxygens (including phenoxy) is 1. The first-order chi connectivity index (χ1) is 10.6. The Labute approximate surface area is 130 Å². The van der Waals surface area contributed by atoms with E-state index < -0.39 is 24.5 Å². The maximum Gasteiger partial charge on any atom is 0.167 e. The zero-order chi connectivity index (χ0) is 15.7. The minimum atomic E-state index is -1.09. The summed E-state index contributed by atoms with van der Waals surface area (Å²) in [6.45, 7) is 3.46. The lowest BCUT2D eigenvalue weighted by molar-refractivity contribution is -0.0288. The molecule has 1 aliphatic heterocycles. The van der Waals surface area contributed by atoms with Gasteiger partial charge < -0.3 is 20.7 Å². The zero-order valence-electron chi connectivity index (χ0n) is 11.5. The van der Waals surface area contributed by atoms with E-state index in [1.165, 1.54) is 24.4 Å². The third-order valence-corrected chi connectivity index (χ3v) is 4.28. The highest BCUT2D eigenvalue weighted by atomic mass is 32.2. The average Bonchev–Trinajstić information content (AvgIpc) is 3.05. The van der Waals surface area contributed by atoms with Gasteiger partial charge in [-0.2, -0.15) is 0 Å². The van der Waals surface area contributed by atoms with Crippen molar-refractivity contribution >= 4 is 28.7 Å². The molecule has 0 amide bonds. The SMILES string of the molecule is C=C=CSC[C@H]1OC(n2cnc3c(N)ncnc32)[C@H](O)[C@@H]1O. The van der Waals surface area contributed by atoms with Crippen molar-refractivity contribution in [1.82, 2.24) is 19.5 Å². The van der Waals surface area contributed by atoms with Gasteiger partial charge in [0.15, 0.2) is 17.7 Å². The molecule has 0 bridgehead atoms. The van der Waals surface area contributed by atoms with Crippen LogP contribution in [0.15, 0.2) is 30.4 Å². The number of nitrogens with zero attached hydrogens (tertiary/aromatic N) is 4. The summed E-state index contributed by atoms with van der Waals surface area (Å²) < 4.78 is 7.31. The van der Waals surface area contributed by atoms with Gasteiger partial charge >= 0.3 is 0 Å². The monoisotopic (exact) mass is 321 g/mol. The Morgan fingerprint density at radius 3 is 3.00 bits per heavy atom. The van der Waals surface area contributed by atoms with Gasteiger partial charge in [-0.1, -0.05) is 6.58 Å². The van der Waals surface area contributed by atoms with Crippen molar-refractivity contribution in [3.63, 3.8) is 0 Å². The molecule has 0 aliphatic carbocycles. The molecule has 1 saturated heterocycles. The number of fused-ring (bicyclic) bond motifs is 1. The Hall–Kier alpha value is -1.90. The van der Waals surface area contributed by atoms with Gasteiger partial charge in [-0.15, -0.1) is 17.5 Å². The summed E-state index contributed by atoms with van der Waals surface area (Å²) in [5.41, 5.74) is 9.25. The number of hydrogen-bond acceptors (Lipinski definition) is 8. The van der Waals surface area contributed by atoms with Gasteiger partial charge in [-0.05, 0) is 0 Å². The zero-order valence-corrected chi connectivity index (χ0v) is 12.3. The molecule has 1 fully saturated rings. The summed E-state index contributed by atoms with van der Waals surface area (Å²) in [5.74, 6) is 0.723. The van der Waals surface area contributed by atoms with E-state index >= 15 is 0 Å². The van der Waals surface area contributed by atoms with Crippen molar-refractivity contribution in [2.75, 3.05) is 11.5 Å². The maximum absolute atomic E-state index is 10.2. The lowest BCUT2D eigenvalue weighted by Gasteiger charge is -2.16. The Morgan fingerprint density at radius 2 is 2.23 bits per heavy atom. The quantitative estimate of drug-likeness (QED) is 0.676. The van der Waals surface area contributed by atoms with Gasteiger partial charge in [0.25, 0.3) is 0 Å². The first-order valence-corrected chi connectivity index (χ1v) is 7.59. The van der Waals surface area contributed by atoms with Gasteiger partial charge in [-0.25, -0.2) is 15.0 Å². The maximum atomic E-state index is 10.2. The normalized spacial score (nSPS) is 27.9. The summed E-state index contributed by atoms with van der Waals surface area (Å²) in [6, 6.07) is 0. The van der Waals surface area contributed by atoms with Gasteiger partial charge in [0, 0.05) is 11.2 Å². The van der Waals surface area contributed by atoms with E-state index in [2.05, 4.69) is 27.3 Å². The molecule has 8 nitrogen and oxygen atoms in total. The highest BCUT2D eigenvalue weighted by Crippen LogP contribution is 2.33. The van der Waals surface area contributed by atoms with E-state index in [-0.39, 0.29) is 5.82 Å². The summed E-state index contributed by atoms with van der Waals surface area (Å²) in [6.07, 6.45) is -0.622. The van der Waals surface area contributed by atoms with Crippen LogP contribution in [0.3, 0.4) is 0 Å². The van der Waals surface area contributed by atoms with Crippen LogP contribution in [-0.2, 0) is 4.74 Å². The van der Waals surface area contributed by atoms with E-state index in [1.807, 2.05) is 0 Å². The van der Waals surface area contributed by atoms with E-state index in [4.69, 9.17) is 10.5 Å². The summed E-state index contributed by atoms with van der Waals surface area (Å²) in [5, 5.41) is 22.0. The van der Waals surface area contributed by atoms with Gasteiger partial charge in [0.1, 0.15) is 24.1 Å². The second kappa shape index (κ2) is 6.07. The van der Waals surface area contributed by atoms with Gasteiger partial charge in [0.2, 0.25) is 0 Å². The molecule has 4 N–H and O–H groups in total. The molecular formula is C13H15N5O3S. The van der Waals surface area contributed by atoms with Crippen LogP contribution in [0, 0.1) is 0 Å². The summed E-state index contributed by atoms with van der Waals surface area (Å²) in [7, 11) is 0. The highest BCUT2D eigenvalue weighted by molar-refractivity contribution is 8.02. The fraction of sp³-hybridized carbons (Fsp3) is 0.385. The van der Waals surface area contributed by atoms with Crippen molar-refractivity contribution in [3.8, 4) is 0 Å². The predicted octanol–water partition coefficient (Wildman–Crippen LogP) is 0.0595. The molecule has 0 aromatic carbocycles.